The molecule has 0 N–H and O–H groups in total. The monoisotopic (exact) mass is 299 g/mol. The molecule has 88 valence electrons. The van der Waals surface area contributed by atoms with E-state index in [1.807, 2.05) is 0 Å². The second-order valence-electron chi connectivity index (χ2n) is 3.23. The highest BCUT2D eigenvalue weighted by Gasteiger charge is 2.13. The predicted molar refractivity (Wildman–Crippen MR) is 60.7 cm³/mol. The number of nitro groups is 1. The Morgan fingerprint density at radius 1 is 1.59 bits per heavy atom. The third-order valence-corrected chi connectivity index (χ3v) is 2.63. The van der Waals surface area contributed by atoms with Crippen LogP contribution in [-0.4, -0.2) is 14.6 Å². The summed E-state index contributed by atoms with van der Waals surface area (Å²) in [6.45, 7) is 0.121. The highest BCUT2D eigenvalue weighted by atomic mass is 79.9. The lowest BCUT2D eigenvalue weighted by Crippen LogP contribution is -2.21. The van der Waals surface area contributed by atoms with E-state index in [4.69, 9.17) is 0 Å². The second-order valence-corrected chi connectivity index (χ2v) is 4.08. The third kappa shape index (κ3) is 2.41. The van der Waals surface area contributed by atoms with Crippen molar-refractivity contribution in [3.05, 3.63) is 55.2 Å². The molecule has 2 aromatic rings. The minimum absolute atomic E-state index is 0.121. The maximum Gasteiger partial charge on any atom is 0.286 e. The van der Waals surface area contributed by atoms with E-state index < -0.39 is 4.92 Å². The Hall–Kier alpha value is -1.96. The van der Waals surface area contributed by atoms with Gasteiger partial charge in [-0.3, -0.25) is 14.9 Å². The minimum atomic E-state index is -0.566. The standard InChI is InChI=1S/C9H6BrN3O4/c10-8-3-7(13(15)16)5-12(9(8)14)4-6-1-2-17-11-6/h1-3,5H,4H2. The molecule has 0 spiro atoms. The molecule has 0 saturated carbocycles. The molecule has 0 aliphatic carbocycles. The van der Waals surface area contributed by atoms with Crippen LogP contribution in [0.15, 0.2) is 38.4 Å². The fraction of sp³-hybridized carbons (Fsp3) is 0.111. The Bertz CT molecular complexity index is 605. The molecule has 0 unspecified atom stereocenters. The van der Waals surface area contributed by atoms with Gasteiger partial charge in [0, 0.05) is 12.1 Å². The van der Waals surface area contributed by atoms with Crippen LogP contribution < -0.4 is 5.56 Å². The van der Waals surface area contributed by atoms with Gasteiger partial charge in [-0.05, 0) is 15.9 Å². The molecule has 0 fully saturated rings. The predicted octanol–water partition coefficient (Wildman–Crippen LogP) is 1.56. The topological polar surface area (TPSA) is 91.2 Å². The van der Waals surface area contributed by atoms with Crippen molar-refractivity contribution in [1.82, 2.24) is 9.72 Å². The molecule has 0 aromatic carbocycles. The number of pyridine rings is 1. The third-order valence-electron chi connectivity index (χ3n) is 2.06. The molecule has 2 rings (SSSR count). The van der Waals surface area contributed by atoms with E-state index in [0.717, 1.165) is 0 Å². The highest BCUT2D eigenvalue weighted by Crippen LogP contribution is 2.14. The van der Waals surface area contributed by atoms with Crippen molar-refractivity contribution >= 4 is 21.6 Å². The summed E-state index contributed by atoms with van der Waals surface area (Å²) in [5, 5.41) is 14.3. The zero-order valence-electron chi connectivity index (χ0n) is 8.37. The van der Waals surface area contributed by atoms with Crippen molar-refractivity contribution in [1.29, 1.82) is 0 Å². The fourth-order valence-electron chi connectivity index (χ4n) is 1.30. The molecule has 0 saturated heterocycles. The summed E-state index contributed by atoms with van der Waals surface area (Å²) in [4.78, 5) is 21.8. The van der Waals surface area contributed by atoms with Crippen molar-refractivity contribution in [2.24, 2.45) is 0 Å². The number of rotatable bonds is 3. The molecular formula is C9H6BrN3O4. The number of nitrogens with zero attached hydrogens (tertiary/aromatic N) is 3. The Morgan fingerprint density at radius 2 is 2.35 bits per heavy atom. The first-order valence-electron chi connectivity index (χ1n) is 4.51. The zero-order chi connectivity index (χ0) is 12.4. The second kappa shape index (κ2) is 4.50. The van der Waals surface area contributed by atoms with Crippen molar-refractivity contribution < 1.29 is 9.45 Å². The molecule has 2 aromatic heterocycles. The molecule has 0 atom stereocenters. The average molecular weight is 300 g/mol. The number of hydrogen-bond acceptors (Lipinski definition) is 5. The van der Waals surface area contributed by atoms with Gasteiger partial charge in [-0.2, -0.15) is 0 Å². The molecule has 17 heavy (non-hydrogen) atoms. The van der Waals surface area contributed by atoms with Gasteiger partial charge in [0.05, 0.1) is 22.1 Å². The van der Waals surface area contributed by atoms with Gasteiger partial charge in [-0.1, -0.05) is 5.16 Å². The quantitative estimate of drug-likeness (QED) is 0.633. The number of halogens is 1. The zero-order valence-corrected chi connectivity index (χ0v) is 9.96. The maximum atomic E-state index is 11.7. The molecule has 0 radical (unpaired) electrons. The van der Waals surface area contributed by atoms with Crippen LogP contribution in [0.2, 0.25) is 0 Å². The van der Waals surface area contributed by atoms with E-state index in [0.29, 0.717) is 5.69 Å². The van der Waals surface area contributed by atoms with Crippen LogP contribution in [0, 0.1) is 10.1 Å². The summed E-state index contributed by atoms with van der Waals surface area (Å²) in [5.41, 5.74) is -0.0157. The minimum Gasteiger partial charge on any atom is -0.364 e. The lowest BCUT2D eigenvalue weighted by molar-refractivity contribution is -0.385. The normalized spacial score (nSPS) is 10.4. The highest BCUT2D eigenvalue weighted by molar-refractivity contribution is 9.10. The Morgan fingerprint density at radius 3 is 2.94 bits per heavy atom. The van der Waals surface area contributed by atoms with Gasteiger partial charge in [-0.15, -0.1) is 0 Å². The van der Waals surface area contributed by atoms with Crippen molar-refractivity contribution in [2.75, 3.05) is 0 Å². The first-order chi connectivity index (χ1) is 8.08. The van der Waals surface area contributed by atoms with Gasteiger partial charge < -0.3 is 9.09 Å². The smallest absolute Gasteiger partial charge is 0.286 e. The number of aromatic nitrogens is 2. The van der Waals surface area contributed by atoms with E-state index in [-0.39, 0.29) is 22.3 Å². The van der Waals surface area contributed by atoms with E-state index >= 15 is 0 Å². The lowest BCUT2D eigenvalue weighted by atomic mass is 10.3. The summed E-state index contributed by atoms with van der Waals surface area (Å²) >= 11 is 2.99. The first kappa shape index (κ1) is 11.5. The van der Waals surface area contributed by atoms with Gasteiger partial charge in [0.15, 0.2) is 0 Å². The Kier molecular flexibility index (Phi) is 3.05. The fourth-order valence-corrected chi connectivity index (χ4v) is 1.76. The molecule has 0 aliphatic rings. The molecule has 8 heteroatoms. The molecule has 2 heterocycles. The summed E-state index contributed by atoms with van der Waals surface area (Å²) in [5.74, 6) is 0. The summed E-state index contributed by atoms with van der Waals surface area (Å²) in [7, 11) is 0. The molecule has 0 bridgehead atoms. The van der Waals surface area contributed by atoms with Gasteiger partial charge in [0.2, 0.25) is 0 Å². The van der Waals surface area contributed by atoms with Crippen LogP contribution in [0.1, 0.15) is 5.69 Å². The van der Waals surface area contributed by atoms with Crippen LogP contribution in [0.3, 0.4) is 0 Å². The van der Waals surface area contributed by atoms with E-state index in [9.17, 15) is 14.9 Å². The first-order valence-corrected chi connectivity index (χ1v) is 5.31. The summed E-state index contributed by atoms with van der Waals surface area (Å²) < 4.78 is 5.95. The summed E-state index contributed by atoms with van der Waals surface area (Å²) in [6, 6.07) is 2.75. The Balaban J connectivity index is 2.45. The van der Waals surface area contributed by atoms with Gasteiger partial charge in [0.1, 0.15) is 12.0 Å². The van der Waals surface area contributed by atoms with E-state index in [2.05, 4.69) is 25.6 Å². The number of hydrogen-bond donors (Lipinski definition) is 0. The van der Waals surface area contributed by atoms with Gasteiger partial charge >= 0.3 is 0 Å². The van der Waals surface area contributed by atoms with Crippen LogP contribution in [0.25, 0.3) is 0 Å². The molecule has 0 amide bonds. The van der Waals surface area contributed by atoms with E-state index in [1.165, 1.54) is 23.1 Å². The average Bonchev–Trinajstić information content (AvgIpc) is 2.77. The van der Waals surface area contributed by atoms with Crippen LogP contribution in [0.4, 0.5) is 5.69 Å². The van der Waals surface area contributed by atoms with Crippen molar-refractivity contribution in [2.45, 2.75) is 6.54 Å². The van der Waals surface area contributed by atoms with E-state index in [1.54, 1.807) is 6.07 Å². The van der Waals surface area contributed by atoms with Gasteiger partial charge in [0.25, 0.3) is 11.2 Å². The van der Waals surface area contributed by atoms with Gasteiger partial charge in [-0.25, -0.2) is 0 Å². The van der Waals surface area contributed by atoms with Crippen molar-refractivity contribution in [3.63, 3.8) is 0 Å². The lowest BCUT2D eigenvalue weighted by Gasteiger charge is -2.03. The maximum absolute atomic E-state index is 11.7. The summed E-state index contributed by atoms with van der Waals surface area (Å²) in [6.07, 6.45) is 2.54. The molecule has 0 aliphatic heterocycles. The molecule has 7 nitrogen and oxygen atoms in total. The van der Waals surface area contributed by atoms with Crippen LogP contribution in [-0.2, 0) is 6.54 Å². The Labute approximate surface area is 103 Å². The van der Waals surface area contributed by atoms with Crippen molar-refractivity contribution in [3.8, 4) is 0 Å². The SMILES string of the molecule is O=c1c(Br)cc([N+](=O)[O-])cn1Cc1ccon1. The van der Waals surface area contributed by atoms with Crippen LogP contribution in [0.5, 0.6) is 0 Å². The van der Waals surface area contributed by atoms with Crippen LogP contribution >= 0.6 is 15.9 Å². The molecular weight excluding hydrogens is 294 g/mol. The largest absolute Gasteiger partial charge is 0.364 e.